The zero-order valence-corrected chi connectivity index (χ0v) is 83.6. The van der Waals surface area contributed by atoms with Gasteiger partial charge in [0.2, 0.25) is 0 Å². The van der Waals surface area contributed by atoms with Crippen LogP contribution in [0.1, 0.15) is 158 Å². The molecule has 1 fully saturated rings. The highest BCUT2D eigenvalue weighted by Crippen LogP contribution is 2.63. The van der Waals surface area contributed by atoms with Gasteiger partial charge in [-0.25, -0.2) is 36.1 Å². The molecule has 5 aliphatic rings. The van der Waals surface area contributed by atoms with Gasteiger partial charge in [-0.1, -0.05) is 293 Å². The second kappa shape index (κ2) is 45.7. The Morgan fingerprint density at radius 2 is 0.607 bits per heavy atom. The number of Topliss-reactive ketones (excluding diaryl/α,β-unsaturated/α-hetero) is 1. The second-order valence-electron chi connectivity index (χ2n) is 37.0. The average Bonchev–Trinajstić information content (AvgIpc) is 1.58. The number of cyclic esters (lactones) is 1. The summed E-state index contributed by atoms with van der Waals surface area (Å²) in [6.45, 7) is 16.5. The molecule has 4 heterocycles. The van der Waals surface area contributed by atoms with Gasteiger partial charge in [-0.15, -0.1) is 11.3 Å². The van der Waals surface area contributed by atoms with Crippen LogP contribution in [0.5, 0.6) is 0 Å². The van der Waals surface area contributed by atoms with Gasteiger partial charge in [-0.2, -0.15) is 36.5 Å². The van der Waals surface area contributed by atoms with E-state index < -0.39 is 29.6 Å². The summed E-state index contributed by atoms with van der Waals surface area (Å²) in [5, 5.41) is 7.45. The van der Waals surface area contributed by atoms with Crippen molar-refractivity contribution < 1.29 is 62.6 Å². The van der Waals surface area contributed by atoms with Crippen LogP contribution in [0.4, 0.5) is 48.3 Å². The van der Waals surface area contributed by atoms with Crippen LogP contribution in [0.3, 0.4) is 0 Å². The van der Waals surface area contributed by atoms with Crippen molar-refractivity contribution in [3.8, 4) is 55.5 Å². The molecular formula is C125H104BrF11N4O3S. The Morgan fingerprint density at radius 3 is 0.966 bits per heavy atom. The normalized spacial score (nSPS) is 14.0. The summed E-state index contributed by atoms with van der Waals surface area (Å²) in [4.78, 5) is 25.3. The molecule has 732 valence electrons. The summed E-state index contributed by atoms with van der Waals surface area (Å²) in [5.41, 5.74) is 32.3. The zero-order chi connectivity index (χ0) is 102. The number of hydrogen-bond acceptors (Lipinski definition) is 6. The molecule has 0 atom stereocenters. The van der Waals surface area contributed by atoms with Crippen LogP contribution < -0.4 is 0 Å². The van der Waals surface area contributed by atoms with Crippen molar-refractivity contribution in [2.45, 2.75) is 126 Å². The number of rotatable bonds is 14. The van der Waals surface area contributed by atoms with Crippen molar-refractivity contribution in [1.82, 2.24) is 19.6 Å². The monoisotopic (exact) mass is 2030 g/mol. The van der Waals surface area contributed by atoms with Crippen LogP contribution >= 0.6 is 27.3 Å². The Balaban J connectivity index is 0.000000121. The SMILES string of the molecule is Cc1ccc(-c2cc(Br)sc2-c2ccc(F)cc2)cc1.Cc1ccc(-c2cc(C(F)(F)F)nn2-c2ccc(C)cc2)cc1.Cc1ccc(-n2nc(C(F)(F)F)cc2-c2ccc(F)cc2)cc1.Cc1ccc(C2=C(c3ccc(F)cc3)C(=O)CC2)cc1.Cc1ccc(C2=C(c3ccc(F)cc3)CC3(CC3)C2)cc1.Cc1ccc(C2=C(c3ccc(F)cc3)CCC2)cc1.Cc1ccc(C2=C(c3ccccc3)C(=O)OC2)cc1. The quantitative estimate of drug-likeness (QED) is 0.0801. The topological polar surface area (TPSA) is 79.0 Å². The van der Waals surface area contributed by atoms with Gasteiger partial charge in [-0.3, -0.25) is 4.79 Å². The number of benzene rings is 14. The van der Waals surface area contributed by atoms with E-state index in [0.29, 0.717) is 52.2 Å². The minimum atomic E-state index is -4.55. The van der Waals surface area contributed by atoms with Crippen molar-refractivity contribution in [2.24, 2.45) is 5.41 Å². The van der Waals surface area contributed by atoms with E-state index in [9.17, 15) is 57.9 Å². The number of carbonyl (C=O) groups excluding carboxylic acids is 2. The van der Waals surface area contributed by atoms with Crippen LogP contribution in [-0.2, 0) is 26.7 Å². The number of hydrogen-bond donors (Lipinski definition) is 0. The Bertz CT molecular complexity index is 7090. The van der Waals surface area contributed by atoms with E-state index >= 15 is 0 Å². The van der Waals surface area contributed by atoms with Crippen LogP contribution in [0.25, 0.3) is 100 Å². The van der Waals surface area contributed by atoms with E-state index in [-0.39, 0.29) is 40.7 Å². The molecule has 1 spiro atoms. The Labute approximate surface area is 850 Å². The van der Waals surface area contributed by atoms with E-state index in [2.05, 4.69) is 126 Å². The fourth-order valence-corrected chi connectivity index (χ4v) is 19.6. The fraction of sp³-hybridized carbons (Fsp3) is 0.168. The standard InChI is InChI=1S/C20H19F.C18H15F3N2.C18H15FO.C18H17F.C17H12BrFS.C17H12F4N2.C17H14O2/c1-14-2-4-15(5-3-14)18-12-20(10-11-20)13-19(18)16-6-8-17(21)9-7-16;1-12-3-7-14(8-4-12)16-11-17(18(19,20)21)22-23(16)15-9-5-13(2)6-10-15;1-12-2-4-13(5-3-12)16-10-11-17(20)18(16)14-6-8-15(19)9-7-14;1-13-5-7-14(8-6-13)17-3-2-4-18(17)15-9-11-16(19)12-10-15;1-11-2-4-12(5-3-11)15-10-16(18)20-17(15)13-6-8-14(19)9-7-13;1-11-2-8-14(9-3-11)23-15(10-16(22-23)17(19,20)21)12-4-6-13(18)7-5-12;1-12-7-9-13(10-8-12)15-11-19-17(18)16(15)14-5-3-2-4-6-14/h2-9H,10-13H2,1H3;3-11H,1-2H3;2-9H,10-11H2,1H3;5-12H,2-4H2,1H3;2-10H,1H3;2-10H,1H3;2-10H,11H2,1H3. The predicted molar refractivity (Wildman–Crippen MR) is 567 cm³/mol. The van der Waals surface area contributed by atoms with Gasteiger partial charge in [0.25, 0.3) is 0 Å². The number of aromatic nitrogens is 4. The first-order valence-corrected chi connectivity index (χ1v) is 49.4. The van der Waals surface area contributed by atoms with Gasteiger partial charge < -0.3 is 4.74 Å². The zero-order valence-electron chi connectivity index (χ0n) is 81.2. The minimum absolute atomic E-state index is 0.146. The number of halogens is 12. The van der Waals surface area contributed by atoms with E-state index in [4.69, 9.17) is 4.74 Å². The first-order chi connectivity index (χ1) is 69.6. The number of nitrogens with zero attached hydrogens (tertiary/aromatic N) is 4. The largest absolute Gasteiger partial charge is 0.457 e. The third-order valence-corrected chi connectivity index (χ3v) is 27.8. The molecule has 4 aliphatic carbocycles. The molecule has 3 aromatic heterocycles. The average molecular weight is 2030 g/mol. The van der Waals surface area contributed by atoms with Gasteiger partial charge >= 0.3 is 18.3 Å². The molecule has 7 nitrogen and oxygen atoms in total. The highest BCUT2D eigenvalue weighted by Gasteiger charge is 2.48. The third kappa shape index (κ3) is 26.2. The van der Waals surface area contributed by atoms with Crippen molar-refractivity contribution in [3.63, 3.8) is 0 Å². The summed E-state index contributed by atoms with van der Waals surface area (Å²) in [5.74, 6) is -1.35. The van der Waals surface area contributed by atoms with E-state index in [0.717, 1.165) is 113 Å². The van der Waals surface area contributed by atoms with Crippen molar-refractivity contribution in [2.75, 3.05) is 6.61 Å². The summed E-state index contributed by atoms with van der Waals surface area (Å²) in [6, 6.07) is 110. The number of esters is 1. The maximum absolute atomic E-state index is 13.2. The first-order valence-electron chi connectivity index (χ1n) is 47.8. The molecule has 22 rings (SSSR count). The number of allylic oxidation sites excluding steroid dienone is 6. The lowest BCUT2D eigenvalue weighted by Crippen LogP contribution is -2.07. The molecule has 20 heteroatoms. The van der Waals surface area contributed by atoms with E-state index in [1.807, 2.05) is 174 Å². The molecule has 17 aromatic rings. The number of ketones is 1. The van der Waals surface area contributed by atoms with E-state index in [1.54, 1.807) is 96.3 Å². The summed E-state index contributed by atoms with van der Waals surface area (Å²) < 4.78 is 152. The van der Waals surface area contributed by atoms with Gasteiger partial charge in [0.05, 0.1) is 32.1 Å². The Morgan fingerprint density at radius 1 is 0.310 bits per heavy atom. The van der Waals surface area contributed by atoms with Crippen LogP contribution in [0.15, 0.2) is 368 Å². The first kappa shape index (κ1) is 103. The lowest BCUT2D eigenvalue weighted by atomic mass is 9.96. The predicted octanol–water partition coefficient (Wildman–Crippen LogP) is 35.2. The summed E-state index contributed by atoms with van der Waals surface area (Å²) in [7, 11) is 0. The molecule has 1 aliphatic heterocycles. The summed E-state index contributed by atoms with van der Waals surface area (Å²) in [6.07, 6.45) is 0.690. The molecule has 0 radical (unpaired) electrons. The highest BCUT2D eigenvalue weighted by atomic mass is 79.9. The van der Waals surface area contributed by atoms with Gasteiger partial charge in [-0.05, 0) is 327 Å². The number of aryl methyl sites for hydroxylation is 8. The number of carbonyl (C=O) groups is 2. The molecule has 0 amide bonds. The van der Waals surface area contributed by atoms with Crippen molar-refractivity contribution in [1.29, 1.82) is 0 Å². The van der Waals surface area contributed by atoms with Gasteiger partial charge in [0, 0.05) is 39.1 Å². The maximum Gasteiger partial charge on any atom is 0.435 e. The fourth-order valence-electron chi connectivity index (χ4n) is 17.9. The lowest BCUT2D eigenvalue weighted by molar-refractivity contribution is -0.142. The third-order valence-electron chi connectivity index (χ3n) is 26.1. The van der Waals surface area contributed by atoms with Crippen LogP contribution in [0.2, 0.25) is 0 Å². The van der Waals surface area contributed by atoms with Crippen LogP contribution in [0, 0.1) is 89.9 Å². The maximum atomic E-state index is 13.2. The van der Waals surface area contributed by atoms with Gasteiger partial charge in [0.1, 0.15) is 35.7 Å². The highest BCUT2D eigenvalue weighted by molar-refractivity contribution is 9.11. The second-order valence-corrected chi connectivity index (χ2v) is 39.5. The number of ether oxygens (including phenoxy) is 1. The van der Waals surface area contributed by atoms with Crippen molar-refractivity contribution in [3.05, 3.63) is 497 Å². The van der Waals surface area contributed by atoms with Crippen molar-refractivity contribution >= 4 is 83.6 Å². The molecular weight excluding hydrogens is 1930 g/mol. The van der Waals surface area contributed by atoms with Crippen LogP contribution in [-0.4, -0.2) is 37.9 Å². The van der Waals surface area contributed by atoms with E-state index in [1.165, 1.54) is 162 Å². The molecule has 145 heavy (non-hydrogen) atoms. The lowest BCUT2D eigenvalue weighted by Gasteiger charge is -2.09. The Hall–Kier alpha value is -15.0. The number of alkyl halides is 6. The molecule has 0 bridgehead atoms. The minimum Gasteiger partial charge on any atom is -0.457 e. The Kier molecular flexibility index (Phi) is 32.5. The van der Waals surface area contributed by atoms with Gasteiger partial charge in [0.15, 0.2) is 17.2 Å². The smallest absolute Gasteiger partial charge is 0.435 e. The molecule has 0 unspecified atom stereocenters. The molecule has 0 N–H and O–H groups in total. The number of thiophene rings is 1. The summed E-state index contributed by atoms with van der Waals surface area (Å²) >= 11 is 5.22. The molecule has 14 aromatic carbocycles. The molecule has 0 saturated heterocycles. The molecule has 1 saturated carbocycles.